The van der Waals surface area contributed by atoms with E-state index in [4.69, 9.17) is 27.9 Å². The van der Waals surface area contributed by atoms with E-state index in [2.05, 4.69) is 5.32 Å². The summed E-state index contributed by atoms with van der Waals surface area (Å²) in [5.41, 5.74) is 1.28. The number of benzene rings is 2. The fourth-order valence-corrected chi connectivity index (χ4v) is 2.81. The Labute approximate surface area is 156 Å². The summed E-state index contributed by atoms with van der Waals surface area (Å²) < 4.78 is 18.7. The lowest BCUT2D eigenvalue weighted by molar-refractivity contribution is -0.907. The van der Waals surface area contributed by atoms with Gasteiger partial charge in [-0.15, -0.1) is 0 Å². The molecule has 4 nitrogen and oxygen atoms in total. The Morgan fingerprint density at radius 1 is 1.28 bits per heavy atom. The van der Waals surface area contributed by atoms with Crippen molar-refractivity contribution in [3.8, 4) is 5.75 Å². The molecule has 0 spiro atoms. The molecule has 2 atom stereocenters. The first-order valence-corrected chi connectivity index (χ1v) is 8.48. The number of hydrogen-bond donors (Lipinski definition) is 2. The van der Waals surface area contributed by atoms with E-state index in [9.17, 15) is 9.18 Å². The maximum absolute atomic E-state index is 13.8. The molecule has 0 aliphatic rings. The van der Waals surface area contributed by atoms with Crippen LogP contribution >= 0.6 is 23.2 Å². The van der Waals surface area contributed by atoms with Gasteiger partial charge in [-0.25, -0.2) is 4.39 Å². The van der Waals surface area contributed by atoms with Gasteiger partial charge in [-0.3, -0.25) is 4.79 Å². The van der Waals surface area contributed by atoms with Gasteiger partial charge in [0.15, 0.2) is 17.6 Å². The lowest BCUT2D eigenvalue weighted by atomic mass is 10.1. The number of rotatable bonds is 6. The van der Waals surface area contributed by atoms with E-state index < -0.39 is 5.82 Å². The van der Waals surface area contributed by atoms with E-state index in [0.29, 0.717) is 22.3 Å². The smallest absolute Gasteiger partial charge is 0.282 e. The van der Waals surface area contributed by atoms with Crippen molar-refractivity contribution in [2.75, 3.05) is 19.5 Å². The highest BCUT2D eigenvalue weighted by Crippen LogP contribution is 2.25. The predicted octanol–water partition coefficient (Wildman–Crippen LogP) is 3.18. The summed E-state index contributed by atoms with van der Waals surface area (Å²) in [6.45, 7) is 2.29. The standard InChI is InChI=1S/C18H19Cl2FN2O2/c1-11(18(24)22-16-6-5-13(19)9-14(16)20)23(2)10-12-4-7-17(25-3)15(21)8-12/h4-9,11H,10H2,1-3H3,(H,22,24)/p+1/t11-/m0/s1. The monoisotopic (exact) mass is 385 g/mol. The predicted molar refractivity (Wildman–Crippen MR) is 98.1 cm³/mol. The maximum atomic E-state index is 13.8. The van der Waals surface area contributed by atoms with Crippen LogP contribution < -0.4 is 15.0 Å². The van der Waals surface area contributed by atoms with Crippen LogP contribution in [-0.4, -0.2) is 26.1 Å². The molecule has 134 valence electrons. The molecular weight excluding hydrogens is 366 g/mol. The molecule has 2 aromatic carbocycles. The molecule has 1 unspecified atom stereocenters. The van der Waals surface area contributed by atoms with Gasteiger partial charge in [0.2, 0.25) is 0 Å². The first kappa shape index (κ1) is 19.5. The number of halogens is 3. The molecule has 0 fully saturated rings. The molecule has 2 rings (SSSR count). The van der Waals surface area contributed by atoms with Gasteiger partial charge in [0.05, 0.1) is 24.9 Å². The molecule has 0 radical (unpaired) electrons. The highest BCUT2D eigenvalue weighted by Gasteiger charge is 2.23. The van der Waals surface area contributed by atoms with Crippen LogP contribution in [0.25, 0.3) is 0 Å². The van der Waals surface area contributed by atoms with Crippen LogP contribution in [0.15, 0.2) is 36.4 Å². The van der Waals surface area contributed by atoms with Gasteiger partial charge < -0.3 is 15.0 Å². The zero-order chi connectivity index (χ0) is 18.6. The third-order valence-electron chi connectivity index (χ3n) is 4.02. The second kappa shape index (κ2) is 8.52. The summed E-state index contributed by atoms with van der Waals surface area (Å²) in [6.07, 6.45) is 0. The van der Waals surface area contributed by atoms with Crippen molar-refractivity contribution in [2.24, 2.45) is 0 Å². The number of methoxy groups -OCH3 is 1. The van der Waals surface area contributed by atoms with Gasteiger partial charge in [-0.05, 0) is 43.3 Å². The molecular formula is C18H20Cl2FN2O2+. The number of carbonyl (C=O) groups is 1. The van der Waals surface area contributed by atoms with Crippen molar-refractivity contribution >= 4 is 34.8 Å². The van der Waals surface area contributed by atoms with Crippen LogP contribution in [0, 0.1) is 5.82 Å². The van der Waals surface area contributed by atoms with Crippen molar-refractivity contribution in [1.29, 1.82) is 0 Å². The van der Waals surface area contributed by atoms with Crippen LogP contribution in [0.2, 0.25) is 10.0 Å². The second-order valence-electron chi connectivity index (χ2n) is 5.83. The number of likely N-dealkylation sites (N-methyl/N-ethyl adjacent to an activating group) is 1. The van der Waals surface area contributed by atoms with Crippen molar-refractivity contribution in [2.45, 2.75) is 19.5 Å². The molecule has 0 saturated carbocycles. The minimum atomic E-state index is -0.419. The van der Waals surface area contributed by atoms with Gasteiger partial charge in [-0.2, -0.15) is 0 Å². The van der Waals surface area contributed by atoms with E-state index in [0.717, 1.165) is 10.5 Å². The summed E-state index contributed by atoms with van der Waals surface area (Å²) in [4.78, 5) is 13.3. The Balaban J connectivity index is 2.02. The van der Waals surface area contributed by atoms with Gasteiger partial charge in [0.1, 0.15) is 6.54 Å². The number of hydrogen-bond acceptors (Lipinski definition) is 2. The van der Waals surface area contributed by atoms with E-state index in [-0.39, 0.29) is 17.7 Å². The number of ether oxygens (including phenoxy) is 1. The number of carbonyl (C=O) groups excluding carboxylic acids is 1. The molecule has 0 aliphatic heterocycles. The molecule has 25 heavy (non-hydrogen) atoms. The van der Waals surface area contributed by atoms with E-state index >= 15 is 0 Å². The van der Waals surface area contributed by atoms with E-state index in [1.54, 1.807) is 37.3 Å². The van der Waals surface area contributed by atoms with Crippen LogP contribution in [0.3, 0.4) is 0 Å². The highest BCUT2D eigenvalue weighted by molar-refractivity contribution is 6.36. The minimum Gasteiger partial charge on any atom is -0.494 e. The summed E-state index contributed by atoms with van der Waals surface area (Å²) >= 11 is 11.9. The van der Waals surface area contributed by atoms with Crippen LogP contribution in [-0.2, 0) is 11.3 Å². The summed E-state index contributed by atoms with van der Waals surface area (Å²) in [6, 6.07) is 9.30. The van der Waals surface area contributed by atoms with Crippen molar-refractivity contribution < 1.29 is 18.8 Å². The average Bonchev–Trinajstić information content (AvgIpc) is 2.56. The zero-order valence-electron chi connectivity index (χ0n) is 14.2. The molecule has 7 heteroatoms. The first-order valence-electron chi connectivity index (χ1n) is 7.72. The Bertz CT molecular complexity index is 771. The summed E-state index contributed by atoms with van der Waals surface area (Å²) in [5, 5.41) is 3.67. The SMILES string of the molecule is COc1ccc(C[NH+](C)[C@@H](C)C(=O)Nc2ccc(Cl)cc2Cl)cc1F. The Morgan fingerprint density at radius 2 is 2.00 bits per heavy atom. The van der Waals surface area contributed by atoms with Gasteiger partial charge >= 0.3 is 0 Å². The average molecular weight is 386 g/mol. The van der Waals surface area contributed by atoms with Crippen LogP contribution in [0.1, 0.15) is 12.5 Å². The Morgan fingerprint density at radius 3 is 2.60 bits per heavy atom. The fraction of sp³-hybridized carbons (Fsp3) is 0.278. The second-order valence-corrected chi connectivity index (χ2v) is 6.67. The van der Waals surface area contributed by atoms with Gasteiger partial charge in [0, 0.05) is 10.6 Å². The van der Waals surface area contributed by atoms with Gasteiger partial charge in [-0.1, -0.05) is 23.2 Å². The largest absolute Gasteiger partial charge is 0.494 e. The third-order valence-corrected chi connectivity index (χ3v) is 4.57. The normalized spacial score (nSPS) is 13.2. The number of amides is 1. The summed E-state index contributed by atoms with van der Waals surface area (Å²) in [5.74, 6) is -0.405. The molecule has 1 amide bonds. The molecule has 2 aromatic rings. The molecule has 0 bridgehead atoms. The maximum Gasteiger partial charge on any atom is 0.282 e. The molecule has 0 heterocycles. The molecule has 0 aliphatic carbocycles. The Kier molecular flexibility index (Phi) is 6.64. The Hall–Kier alpha value is -1.82. The first-order chi connectivity index (χ1) is 11.8. The third kappa shape index (κ3) is 5.08. The molecule has 0 aromatic heterocycles. The lowest BCUT2D eigenvalue weighted by Gasteiger charge is -2.21. The molecule has 2 N–H and O–H groups in total. The zero-order valence-corrected chi connectivity index (χ0v) is 15.7. The van der Waals surface area contributed by atoms with Crippen molar-refractivity contribution in [3.05, 3.63) is 57.8 Å². The molecule has 0 saturated heterocycles. The highest BCUT2D eigenvalue weighted by atomic mass is 35.5. The lowest BCUT2D eigenvalue weighted by Crippen LogP contribution is -3.12. The topological polar surface area (TPSA) is 42.8 Å². The van der Waals surface area contributed by atoms with Crippen LogP contribution in [0.5, 0.6) is 5.75 Å². The number of anilines is 1. The fourth-order valence-electron chi connectivity index (χ4n) is 2.35. The number of nitrogens with one attached hydrogen (secondary N) is 2. The minimum absolute atomic E-state index is 0.185. The van der Waals surface area contributed by atoms with Gasteiger partial charge in [0.25, 0.3) is 5.91 Å². The van der Waals surface area contributed by atoms with E-state index in [1.807, 2.05) is 7.05 Å². The quantitative estimate of drug-likeness (QED) is 0.801. The van der Waals surface area contributed by atoms with Crippen LogP contribution in [0.4, 0.5) is 10.1 Å². The van der Waals surface area contributed by atoms with E-state index in [1.165, 1.54) is 13.2 Å². The van der Waals surface area contributed by atoms with Crippen molar-refractivity contribution in [1.82, 2.24) is 0 Å². The number of quaternary nitrogens is 1. The summed E-state index contributed by atoms with van der Waals surface area (Å²) in [7, 11) is 3.29. The van der Waals surface area contributed by atoms with Crippen molar-refractivity contribution in [3.63, 3.8) is 0 Å².